The molecule has 5 heteroatoms. The third-order valence-corrected chi connectivity index (χ3v) is 4.01. The molecule has 1 fully saturated rings. The number of aliphatic carboxylic acids is 1. The van der Waals surface area contributed by atoms with Crippen molar-refractivity contribution in [3.63, 3.8) is 0 Å². The van der Waals surface area contributed by atoms with Crippen LogP contribution in [0.4, 0.5) is 0 Å². The lowest BCUT2D eigenvalue weighted by Gasteiger charge is -2.36. The summed E-state index contributed by atoms with van der Waals surface area (Å²) in [6, 6.07) is 0.375. The first-order valence-corrected chi connectivity index (χ1v) is 7.65. The van der Waals surface area contributed by atoms with Crippen molar-refractivity contribution >= 4 is 11.9 Å². The molecule has 0 radical (unpaired) electrons. The SMILES string of the molecule is CC(C)NCCC(=O)NCC1(CC(=O)O)CCCCC1. The number of hydrogen-bond acceptors (Lipinski definition) is 3. The Morgan fingerprint density at radius 3 is 2.40 bits per heavy atom. The van der Waals surface area contributed by atoms with Crippen molar-refractivity contribution in [2.24, 2.45) is 5.41 Å². The minimum atomic E-state index is -0.761. The van der Waals surface area contributed by atoms with Crippen molar-refractivity contribution in [1.82, 2.24) is 10.6 Å². The van der Waals surface area contributed by atoms with E-state index in [1.165, 1.54) is 6.42 Å². The van der Waals surface area contributed by atoms with Gasteiger partial charge >= 0.3 is 5.97 Å². The van der Waals surface area contributed by atoms with Gasteiger partial charge in [-0.25, -0.2) is 0 Å². The number of carboxylic acids is 1. The van der Waals surface area contributed by atoms with Crippen molar-refractivity contribution in [2.75, 3.05) is 13.1 Å². The van der Waals surface area contributed by atoms with E-state index in [9.17, 15) is 9.59 Å². The van der Waals surface area contributed by atoms with Crippen molar-refractivity contribution in [3.05, 3.63) is 0 Å². The molecular weight excluding hydrogens is 256 g/mol. The number of carbonyl (C=O) groups is 2. The van der Waals surface area contributed by atoms with Crippen LogP contribution in [0.3, 0.4) is 0 Å². The molecule has 1 rings (SSSR count). The second-order valence-electron chi connectivity index (χ2n) is 6.27. The lowest BCUT2D eigenvalue weighted by Crippen LogP contribution is -2.41. The number of carboxylic acid groups (broad SMARTS) is 1. The molecule has 20 heavy (non-hydrogen) atoms. The molecule has 0 aromatic rings. The Balaban J connectivity index is 2.37. The van der Waals surface area contributed by atoms with Gasteiger partial charge in [0, 0.05) is 25.6 Å². The molecule has 5 nitrogen and oxygen atoms in total. The van der Waals surface area contributed by atoms with E-state index in [1.54, 1.807) is 0 Å². The summed E-state index contributed by atoms with van der Waals surface area (Å²) in [6.45, 7) is 5.25. The van der Waals surface area contributed by atoms with Crippen LogP contribution in [0.25, 0.3) is 0 Å². The van der Waals surface area contributed by atoms with Gasteiger partial charge in [-0.1, -0.05) is 33.1 Å². The standard InChI is InChI=1S/C15H28N2O3/c1-12(2)16-9-6-13(18)17-11-15(10-14(19)20)7-4-3-5-8-15/h12,16H,3-11H2,1-2H3,(H,17,18)(H,19,20). The molecule has 3 N–H and O–H groups in total. The first kappa shape index (κ1) is 17.0. The van der Waals surface area contributed by atoms with Crippen LogP contribution in [0.2, 0.25) is 0 Å². The first-order chi connectivity index (χ1) is 9.43. The van der Waals surface area contributed by atoms with E-state index < -0.39 is 5.97 Å². The van der Waals surface area contributed by atoms with E-state index in [1.807, 2.05) is 13.8 Å². The Labute approximate surface area is 121 Å². The maximum atomic E-state index is 11.8. The summed E-state index contributed by atoms with van der Waals surface area (Å²) >= 11 is 0. The molecule has 1 saturated carbocycles. The third kappa shape index (κ3) is 6.37. The van der Waals surface area contributed by atoms with Gasteiger partial charge in [0.25, 0.3) is 0 Å². The Bertz CT molecular complexity index is 323. The van der Waals surface area contributed by atoms with Crippen molar-refractivity contribution in [1.29, 1.82) is 0 Å². The van der Waals surface area contributed by atoms with Crippen LogP contribution in [0, 0.1) is 5.41 Å². The lowest BCUT2D eigenvalue weighted by atomic mass is 9.71. The summed E-state index contributed by atoms with van der Waals surface area (Å²) in [5, 5.41) is 15.2. The van der Waals surface area contributed by atoms with Crippen molar-refractivity contribution in [3.8, 4) is 0 Å². The van der Waals surface area contributed by atoms with E-state index in [0.29, 0.717) is 25.6 Å². The fourth-order valence-corrected chi connectivity index (χ4v) is 2.89. The van der Waals surface area contributed by atoms with Gasteiger partial charge in [-0.2, -0.15) is 0 Å². The van der Waals surface area contributed by atoms with Gasteiger partial charge < -0.3 is 15.7 Å². The summed E-state index contributed by atoms with van der Waals surface area (Å²) in [5.74, 6) is -0.754. The second kappa shape index (κ2) is 8.25. The average molecular weight is 284 g/mol. The molecule has 1 amide bonds. The first-order valence-electron chi connectivity index (χ1n) is 7.65. The van der Waals surface area contributed by atoms with Crippen LogP contribution in [0.15, 0.2) is 0 Å². The summed E-state index contributed by atoms with van der Waals surface area (Å²) in [4.78, 5) is 22.8. The van der Waals surface area contributed by atoms with Crippen LogP contribution in [0.1, 0.15) is 58.8 Å². The van der Waals surface area contributed by atoms with Gasteiger partial charge in [0.2, 0.25) is 5.91 Å². The predicted octanol–water partition coefficient (Wildman–Crippen LogP) is 1.92. The minimum absolute atomic E-state index is 0.00786. The fraction of sp³-hybridized carbons (Fsp3) is 0.867. The molecule has 1 aliphatic rings. The van der Waals surface area contributed by atoms with Crippen molar-refractivity contribution in [2.45, 2.75) is 64.8 Å². The Morgan fingerprint density at radius 1 is 1.20 bits per heavy atom. The van der Waals surface area contributed by atoms with Gasteiger partial charge in [-0.15, -0.1) is 0 Å². The maximum absolute atomic E-state index is 11.8. The molecule has 0 unspecified atom stereocenters. The number of rotatable bonds is 8. The monoisotopic (exact) mass is 284 g/mol. The molecule has 0 aromatic heterocycles. The van der Waals surface area contributed by atoms with Gasteiger partial charge in [0.15, 0.2) is 0 Å². The molecule has 0 aromatic carbocycles. The van der Waals surface area contributed by atoms with E-state index in [-0.39, 0.29) is 17.7 Å². The highest BCUT2D eigenvalue weighted by atomic mass is 16.4. The van der Waals surface area contributed by atoms with Gasteiger partial charge in [0.05, 0.1) is 6.42 Å². The Kier molecular flexibility index (Phi) is 6.99. The molecular formula is C15H28N2O3. The summed E-state index contributed by atoms with van der Waals surface area (Å²) in [6.07, 6.45) is 5.73. The number of amides is 1. The third-order valence-electron chi connectivity index (χ3n) is 4.01. The fourth-order valence-electron chi connectivity index (χ4n) is 2.89. The summed E-state index contributed by atoms with van der Waals surface area (Å²) in [5.41, 5.74) is -0.231. The minimum Gasteiger partial charge on any atom is -0.481 e. The molecule has 116 valence electrons. The topological polar surface area (TPSA) is 78.4 Å². The van der Waals surface area contributed by atoms with Crippen LogP contribution in [-0.2, 0) is 9.59 Å². The average Bonchev–Trinajstić information content (AvgIpc) is 2.36. The van der Waals surface area contributed by atoms with Crippen LogP contribution in [-0.4, -0.2) is 36.1 Å². The molecule has 0 saturated heterocycles. The molecule has 0 heterocycles. The van der Waals surface area contributed by atoms with Gasteiger partial charge in [-0.3, -0.25) is 9.59 Å². The quantitative estimate of drug-likeness (QED) is 0.636. The van der Waals surface area contributed by atoms with E-state index in [4.69, 9.17) is 5.11 Å². The van der Waals surface area contributed by atoms with E-state index in [0.717, 1.165) is 25.7 Å². The maximum Gasteiger partial charge on any atom is 0.303 e. The Hall–Kier alpha value is -1.10. The molecule has 0 aliphatic heterocycles. The Morgan fingerprint density at radius 2 is 1.85 bits per heavy atom. The molecule has 1 aliphatic carbocycles. The summed E-state index contributed by atoms with van der Waals surface area (Å²) < 4.78 is 0. The van der Waals surface area contributed by atoms with E-state index >= 15 is 0 Å². The van der Waals surface area contributed by atoms with Crippen LogP contribution < -0.4 is 10.6 Å². The zero-order valence-corrected chi connectivity index (χ0v) is 12.7. The second-order valence-corrected chi connectivity index (χ2v) is 6.27. The largest absolute Gasteiger partial charge is 0.481 e. The van der Waals surface area contributed by atoms with Gasteiger partial charge in [-0.05, 0) is 18.3 Å². The van der Waals surface area contributed by atoms with Crippen LogP contribution in [0.5, 0.6) is 0 Å². The predicted molar refractivity (Wildman–Crippen MR) is 78.5 cm³/mol. The van der Waals surface area contributed by atoms with Gasteiger partial charge in [0.1, 0.15) is 0 Å². The zero-order chi connectivity index (χ0) is 15.0. The number of carbonyl (C=O) groups excluding carboxylic acids is 1. The number of nitrogens with one attached hydrogen (secondary N) is 2. The highest BCUT2D eigenvalue weighted by molar-refractivity contribution is 5.76. The highest BCUT2D eigenvalue weighted by Crippen LogP contribution is 2.38. The van der Waals surface area contributed by atoms with Crippen molar-refractivity contribution < 1.29 is 14.7 Å². The molecule has 0 bridgehead atoms. The summed E-state index contributed by atoms with van der Waals surface area (Å²) in [7, 11) is 0. The normalized spacial score (nSPS) is 17.9. The smallest absolute Gasteiger partial charge is 0.303 e. The molecule has 0 atom stereocenters. The lowest BCUT2D eigenvalue weighted by molar-refractivity contribution is -0.140. The molecule has 0 spiro atoms. The van der Waals surface area contributed by atoms with Crippen LogP contribution >= 0.6 is 0 Å². The number of hydrogen-bond donors (Lipinski definition) is 3. The highest BCUT2D eigenvalue weighted by Gasteiger charge is 2.34. The zero-order valence-electron chi connectivity index (χ0n) is 12.7. The van der Waals surface area contributed by atoms with E-state index in [2.05, 4.69) is 10.6 Å².